The number of carboxylic acids is 1. The fourth-order valence-corrected chi connectivity index (χ4v) is 1.74. The molecule has 17 heavy (non-hydrogen) atoms. The fourth-order valence-electron chi connectivity index (χ4n) is 1.74. The van der Waals surface area contributed by atoms with Crippen LogP contribution in [0, 0.1) is 23.5 Å². The van der Waals surface area contributed by atoms with Crippen molar-refractivity contribution in [1.82, 2.24) is 0 Å². The van der Waals surface area contributed by atoms with Gasteiger partial charge in [-0.25, -0.2) is 8.78 Å². The van der Waals surface area contributed by atoms with Crippen LogP contribution in [0.5, 0.6) is 0 Å². The molecule has 0 heterocycles. The maximum atomic E-state index is 13.0. The molecule has 2 unspecified atom stereocenters. The van der Waals surface area contributed by atoms with Crippen molar-refractivity contribution in [3.05, 3.63) is 35.4 Å². The van der Waals surface area contributed by atoms with E-state index in [1.807, 2.05) is 0 Å². The van der Waals surface area contributed by atoms with Gasteiger partial charge in [0.15, 0.2) is 0 Å². The summed E-state index contributed by atoms with van der Waals surface area (Å²) in [7, 11) is 0. The molecule has 0 aliphatic heterocycles. The lowest BCUT2D eigenvalue weighted by molar-refractivity contribution is -0.148. The van der Waals surface area contributed by atoms with E-state index in [1.165, 1.54) is 0 Å². The fraction of sp³-hybridized carbons (Fsp3) is 0.417. The molecule has 0 aromatic heterocycles. The molecule has 0 spiro atoms. The van der Waals surface area contributed by atoms with Crippen LogP contribution in [-0.2, 0) is 4.79 Å². The van der Waals surface area contributed by atoms with Crippen molar-refractivity contribution in [1.29, 1.82) is 0 Å². The summed E-state index contributed by atoms with van der Waals surface area (Å²) >= 11 is 0. The quantitative estimate of drug-likeness (QED) is 0.854. The molecule has 0 fully saturated rings. The highest BCUT2D eigenvalue weighted by Crippen LogP contribution is 2.29. The summed E-state index contributed by atoms with van der Waals surface area (Å²) in [4.78, 5) is 11.0. The van der Waals surface area contributed by atoms with E-state index in [4.69, 9.17) is 5.11 Å². The van der Waals surface area contributed by atoms with Crippen molar-refractivity contribution in [3.8, 4) is 0 Å². The van der Waals surface area contributed by atoms with Gasteiger partial charge in [0, 0.05) is 6.07 Å². The van der Waals surface area contributed by atoms with E-state index >= 15 is 0 Å². The summed E-state index contributed by atoms with van der Waals surface area (Å²) in [6, 6.07) is 2.54. The standard InChI is InChI=1S/C12H14F2O3/c1-6(2)10(12(16)17)11(15)7-3-8(13)5-9(14)4-7/h3-6,10-11,15H,1-2H3,(H,16,17). The SMILES string of the molecule is CC(C)C(C(=O)O)C(O)c1cc(F)cc(F)c1. The van der Waals surface area contributed by atoms with Crippen LogP contribution in [-0.4, -0.2) is 16.2 Å². The molecular weight excluding hydrogens is 230 g/mol. The number of carbonyl (C=O) groups is 1. The minimum Gasteiger partial charge on any atom is -0.481 e. The molecule has 2 N–H and O–H groups in total. The summed E-state index contributed by atoms with van der Waals surface area (Å²) in [5.41, 5.74) is -0.0661. The molecule has 94 valence electrons. The molecule has 0 saturated carbocycles. The van der Waals surface area contributed by atoms with Crippen LogP contribution < -0.4 is 0 Å². The Morgan fingerprint density at radius 2 is 1.65 bits per heavy atom. The van der Waals surface area contributed by atoms with Crippen molar-refractivity contribution in [2.24, 2.45) is 11.8 Å². The number of rotatable bonds is 4. The Morgan fingerprint density at radius 3 is 2.00 bits per heavy atom. The third kappa shape index (κ3) is 3.23. The molecule has 0 aliphatic carbocycles. The Bertz CT molecular complexity index is 398. The van der Waals surface area contributed by atoms with Gasteiger partial charge in [-0.15, -0.1) is 0 Å². The van der Waals surface area contributed by atoms with Gasteiger partial charge in [-0.2, -0.15) is 0 Å². The van der Waals surface area contributed by atoms with Crippen LogP contribution in [0.25, 0.3) is 0 Å². The third-order valence-corrected chi connectivity index (χ3v) is 2.57. The third-order valence-electron chi connectivity index (χ3n) is 2.57. The van der Waals surface area contributed by atoms with Crippen molar-refractivity contribution in [2.45, 2.75) is 20.0 Å². The number of hydrogen-bond donors (Lipinski definition) is 2. The first-order valence-electron chi connectivity index (χ1n) is 5.19. The van der Waals surface area contributed by atoms with Crippen molar-refractivity contribution in [2.75, 3.05) is 0 Å². The molecule has 0 amide bonds. The highest BCUT2D eigenvalue weighted by molar-refractivity contribution is 5.71. The van der Waals surface area contributed by atoms with E-state index in [9.17, 15) is 18.7 Å². The molecule has 2 atom stereocenters. The molecule has 3 nitrogen and oxygen atoms in total. The summed E-state index contributed by atoms with van der Waals surface area (Å²) in [6.45, 7) is 3.25. The molecule has 1 rings (SSSR count). The van der Waals surface area contributed by atoms with Crippen molar-refractivity contribution < 1.29 is 23.8 Å². The number of aliphatic hydroxyl groups is 1. The van der Waals surface area contributed by atoms with Crippen molar-refractivity contribution >= 4 is 5.97 Å². The van der Waals surface area contributed by atoms with Crippen LogP contribution >= 0.6 is 0 Å². The second kappa shape index (κ2) is 5.23. The second-order valence-corrected chi connectivity index (χ2v) is 4.26. The van der Waals surface area contributed by atoms with Crippen LogP contribution in [0.4, 0.5) is 8.78 Å². The van der Waals surface area contributed by atoms with Crippen LogP contribution in [0.3, 0.4) is 0 Å². The molecule has 0 saturated heterocycles. The van der Waals surface area contributed by atoms with Crippen LogP contribution in [0.2, 0.25) is 0 Å². The number of aliphatic hydroxyl groups excluding tert-OH is 1. The Hall–Kier alpha value is -1.49. The van der Waals surface area contributed by atoms with Gasteiger partial charge in [0.25, 0.3) is 0 Å². The highest BCUT2D eigenvalue weighted by atomic mass is 19.1. The lowest BCUT2D eigenvalue weighted by atomic mass is 9.86. The number of hydrogen-bond acceptors (Lipinski definition) is 2. The Labute approximate surface area is 97.7 Å². The molecule has 0 bridgehead atoms. The van der Waals surface area contributed by atoms with Gasteiger partial charge < -0.3 is 10.2 Å². The number of aliphatic carboxylic acids is 1. The number of halogens is 2. The smallest absolute Gasteiger partial charge is 0.309 e. The van der Waals surface area contributed by atoms with E-state index in [1.54, 1.807) is 13.8 Å². The van der Waals surface area contributed by atoms with Gasteiger partial charge in [0.05, 0.1) is 12.0 Å². The summed E-state index contributed by atoms with van der Waals surface area (Å²) in [6.07, 6.45) is -1.43. The first-order chi connectivity index (χ1) is 7.82. The monoisotopic (exact) mass is 244 g/mol. The van der Waals surface area contributed by atoms with Gasteiger partial charge >= 0.3 is 5.97 Å². The Balaban J connectivity index is 3.09. The zero-order chi connectivity index (χ0) is 13.2. The second-order valence-electron chi connectivity index (χ2n) is 4.26. The average Bonchev–Trinajstić information content (AvgIpc) is 2.14. The molecule has 1 aromatic carbocycles. The summed E-state index contributed by atoms with van der Waals surface area (Å²) in [5, 5.41) is 18.8. The van der Waals surface area contributed by atoms with Crippen LogP contribution in [0.1, 0.15) is 25.5 Å². The normalized spacial score (nSPS) is 14.7. The molecule has 0 aliphatic rings. The maximum absolute atomic E-state index is 13.0. The minimum absolute atomic E-state index is 0.0661. The van der Waals surface area contributed by atoms with Gasteiger partial charge in [0.2, 0.25) is 0 Å². The lowest BCUT2D eigenvalue weighted by Crippen LogP contribution is -2.27. The van der Waals surface area contributed by atoms with Gasteiger partial charge in [-0.1, -0.05) is 13.8 Å². The number of benzene rings is 1. The van der Waals surface area contributed by atoms with Gasteiger partial charge in [0.1, 0.15) is 11.6 Å². The van der Waals surface area contributed by atoms with E-state index in [2.05, 4.69) is 0 Å². The Kier molecular flexibility index (Phi) is 4.17. The van der Waals surface area contributed by atoms with Crippen molar-refractivity contribution in [3.63, 3.8) is 0 Å². The maximum Gasteiger partial charge on any atom is 0.309 e. The van der Waals surface area contributed by atoms with Gasteiger partial charge in [-0.3, -0.25) is 4.79 Å². The first kappa shape index (κ1) is 13.6. The predicted molar refractivity (Wildman–Crippen MR) is 57.3 cm³/mol. The lowest BCUT2D eigenvalue weighted by Gasteiger charge is -2.22. The summed E-state index contributed by atoms with van der Waals surface area (Å²) in [5.74, 6) is -4.33. The zero-order valence-electron chi connectivity index (χ0n) is 9.52. The average molecular weight is 244 g/mol. The molecular formula is C12H14F2O3. The Morgan fingerprint density at radius 1 is 1.18 bits per heavy atom. The van der Waals surface area contributed by atoms with E-state index < -0.39 is 29.6 Å². The van der Waals surface area contributed by atoms with E-state index in [0.717, 1.165) is 12.1 Å². The highest BCUT2D eigenvalue weighted by Gasteiger charge is 2.31. The topological polar surface area (TPSA) is 57.5 Å². The van der Waals surface area contributed by atoms with E-state index in [-0.39, 0.29) is 11.5 Å². The molecule has 1 aromatic rings. The minimum atomic E-state index is -1.43. The largest absolute Gasteiger partial charge is 0.481 e. The number of carboxylic acid groups (broad SMARTS) is 1. The molecule has 5 heteroatoms. The molecule has 0 radical (unpaired) electrons. The predicted octanol–water partition coefficient (Wildman–Crippen LogP) is 2.36. The van der Waals surface area contributed by atoms with E-state index in [0.29, 0.717) is 6.07 Å². The van der Waals surface area contributed by atoms with Gasteiger partial charge in [-0.05, 0) is 23.6 Å². The van der Waals surface area contributed by atoms with Crippen LogP contribution in [0.15, 0.2) is 18.2 Å². The summed E-state index contributed by atoms with van der Waals surface area (Å²) < 4.78 is 25.9. The first-order valence-corrected chi connectivity index (χ1v) is 5.19. The zero-order valence-corrected chi connectivity index (χ0v) is 9.52.